The van der Waals surface area contributed by atoms with Crippen molar-refractivity contribution >= 4 is 29.0 Å². The van der Waals surface area contributed by atoms with Gasteiger partial charge in [-0.2, -0.15) is 10.4 Å². The van der Waals surface area contributed by atoms with E-state index >= 15 is 0 Å². The highest BCUT2D eigenvalue weighted by atomic mass is 32.1. The summed E-state index contributed by atoms with van der Waals surface area (Å²) in [6.07, 6.45) is 1.36. The molecule has 0 saturated heterocycles. The second-order valence-electron chi connectivity index (χ2n) is 7.41. The molecule has 4 aromatic rings. The Morgan fingerprint density at radius 2 is 1.89 bits per heavy atom. The lowest BCUT2D eigenvalue weighted by molar-refractivity contribution is -0.119. The Morgan fingerprint density at radius 1 is 1.09 bits per heavy atom. The van der Waals surface area contributed by atoms with Crippen LogP contribution in [0.1, 0.15) is 15.2 Å². The number of ether oxygens (including phenoxy) is 3. The van der Waals surface area contributed by atoms with Crippen molar-refractivity contribution in [2.75, 3.05) is 25.1 Å². The summed E-state index contributed by atoms with van der Waals surface area (Å²) in [7, 11) is 0. The fraction of sp³-hybridized carbons (Fsp3) is 0.120. The molecule has 0 bridgehead atoms. The second-order valence-corrected chi connectivity index (χ2v) is 8.50. The van der Waals surface area contributed by atoms with Gasteiger partial charge in [0.25, 0.3) is 5.91 Å². The number of aromatic nitrogens is 2. The van der Waals surface area contributed by atoms with Crippen LogP contribution in [-0.4, -0.2) is 41.5 Å². The predicted octanol–water partition coefficient (Wildman–Crippen LogP) is 4.04. The van der Waals surface area contributed by atoms with E-state index in [0.717, 1.165) is 10.4 Å². The molecular formula is C25H18N4O5S. The number of para-hydroxylation sites is 1. The number of anilines is 1. The maximum absolute atomic E-state index is 12.5. The Balaban J connectivity index is 1.23. The molecule has 0 fully saturated rings. The monoisotopic (exact) mass is 486 g/mol. The van der Waals surface area contributed by atoms with Crippen LogP contribution in [0.5, 0.6) is 11.5 Å². The van der Waals surface area contributed by atoms with Crippen LogP contribution in [-0.2, 0) is 9.53 Å². The maximum Gasteiger partial charge on any atom is 0.348 e. The molecule has 9 nitrogen and oxygen atoms in total. The third kappa shape index (κ3) is 4.71. The molecule has 3 heterocycles. The van der Waals surface area contributed by atoms with Gasteiger partial charge in [0.2, 0.25) is 0 Å². The number of fused-ring (bicyclic) bond motifs is 1. The fourth-order valence-electron chi connectivity index (χ4n) is 3.49. The Bertz CT molecular complexity index is 1440. The average molecular weight is 487 g/mol. The van der Waals surface area contributed by atoms with Gasteiger partial charge in [0.05, 0.1) is 11.9 Å². The number of nitrogens with one attached hydrogen (secondary N) is 1. The first-order chi connectivity index (χ1) is 17.1. The predicted molar refractivity (Wildman–Crippen MR) is 128 cm³/mol. The van der Waals surface area contributed by atoms with Crippen LogP contribution < -0.4 is 14.8 Å². The molecule has 0 radical (unpaired) electrons. The highest BCUT2D eigenvalue weighted by molar-refractivity contribution is 7.17. The van der Waals surface area contributed by atoms with Crippen molar-refractivity contribution in [2.24, 2.45) is 0 Å². The molecule has 0 aliphatic carbocycles. The molecule has 1 N–H and O–H groups in total. The van der Waals surface area contributed by atoms with Crippen molar-refractivity contribution in [1.29, 1.82) is 5.26 Å². The number of esters is 1. The van der Waals surface area contributed by atoms with Crippen LogP contribution in [0, 0.1) is 11.3 Å². The fourth-order valence-corrected chi connectivity index (χ4v) is 4.38. The van der Waals surface area contributed by atoms with Crippen LogP contribution in [0.4, 0.5) is 5.82 Å². The van der Waals surface area contributed by atoms with Gasteiger partial charge in [-0.1, -0.05) is 18.2 Å². The summed E-state index contributed by atoms with van der Waals surface area (Å²) in [5, 5.41) is 16.1. The zero-order chi connectivity index (χ0) is 24.2. The molecule has 174 valence electrons. The van der Waals surface area contributed by atoms with Gasteiger partial charge in [-0.3, -0.25) is 4.79 Å². The smallest absolute Gasteiger partial charge is 0.348 e. The molecule has 0 unspecified atom stereocenters. The highest BCUT2D eigenvalue weighted by Gasteiger charge is 2.19. The molecule has 10 heteroatoms. The SMILES string of the molecule is N#Cc1cnn(-c2ccccc2)c1NC(=O)COC(=O)c1ccc(-c2ccc3c(c2)OCCO3)s1. The lowest BCUT2D eigenvalue weighted by Gasteiger charge is -2.18. The normalized spacial score (nSPS) is 12.0. The number of nitrogens with zero attached hydrogens (tertiary/aromatic N) is 3. The number of carbonyl (C=O) groups excluding carboxylic acids is 2. The topological polar surface area (TPSA) is 115 Å². The van der Waals surface area contributed by atoms with E-state index < -0.39 is 18.5 Å². The third-order valence-corrected chi connectivity index (χ3v) is 6.23. The summed E-state index contributed by atoms with van der Waals surface area (Å²) in [5.41, 5.74) is 1.75. The minimum atomic E-state index is -0.619. The molecule has 35 heavy (non-hydrogen) atoms. The number of carbonyl (C=O) groups is 2. The van der Waals surface area contributed by atoms with E-state index in [2.05, 4.69) is 10.4 Å². The summed E-state index contributed by atoms with van der Waals surface area (Å²) < 4.78 is 17.8. The van der Waals surface area contributed by atoms with Crippen LogP contribution >= 0.6 is 11.3 Å². The molecule has 1 amide bonds. The van der Waals surface area contributed by atoms with E-state index in [1.165, 1.54) is 22.2 Å². The van der Waals surface area contributed by atoms with Crippen LogP contribution in [0.25, 0.3) is 16.1 Å². The van der Waals surface area contributed by atoms with E-state index in [-0.39, 0.29) is 11.4 Å². The molecule has 5 rings (SSSR count). The zero-order valence-corrected chi connectivity index (χ0v) is 19.1. The number of nitriles is 1. The molecule has 0 spiro atoms. The van der Waals surface area contributed by atoms with E-state index in [1.807, 2.05) is 48.5 Å². The number of thiophene rings is 1. The number of rotatable bonds is 6. The summed E-state index contributed by atoms with van der Waals surface area (Å²) >= 11 is 1.25. The summed E-state index contributed by atoms with van der Waals surface area (Å²) in [5.74, 6) is 0.351. The Labute approximate surface area is 204 Å². The molecule has 1 aliphatic rings. The first kappa shape index (κ1) is 22.2. The lowest BCUT2D eigenvalue weighted by atomic mass is 10.1. The quantitative estimate of drug-likeness (QED) is 0.409. The van der Waals surface area contributed by atoms with Crippen LogP contribution in [0.15, 0.2) is 66.9 Å². The first-order valence-corrected chi connectivity index (χ1v) is 11.4. The molecule has 2 aromatic carbocycles. The van der Waals surface area contributed by atoms with Gasteiger partial charge < -0.3 is 19.5 Å². The molecule has 0 saturated carbocycles. The third-order valence-electron chi connectivity index (χ3n) is 5.12. The first-order valence-electron chi connectivity index (χ1n) is 10.6. The number of benzene rings is 2. The zero-order valence-electron chi connectivity index (χ0n) is 18.3. The van der Waals surface area contributed by atoms with E-state index in [1.54, 1.807) is 18.2 Å². The van der Waals surface area contributed by atoms with Gasteiger partial charge in [-0.25, -0.2) is 9.48 Å². The summed E-state index contributed by atoms with van der Waals surface area (Å²) in [4.78, 5) is 26.2. The van der Waals surface area contributed by atoms with Gasteiger partial charge >= 0.3 is 5.97 Å². The molecular weight excluding hydrogens is 468 g/mol. The summed E-state index contributed by atoms with van der Waals surface area (Å²) in [6.45, 7) is 0.491. The number of hydrogen-bond donors (Lipinski definition) is 1. The minimum absolute atomic E-state index is 0.191. The maximum atomic E-state index is 12.5. The molecule has 0 atom stereocenters. The Kier molecular flexibility index (Phi) is 6.15. The standard InChI is InChI=1S/C25H18N4O5S/c26-13-17-14-27-29(18-4-2-1-3-5-18)24(17)28-23(30)15-34-25(31)22-9-8-21(35-22)16-6-7-19-20(12-16)33-11-10-32-19/h1-9,12,14H,10-11,15H2,(H,28,30). The van der Waals surface area contributed by atoms with E-state index in [4.69, 9.17) is 14.2 Å². The van der Waals surface area contributed by atoms with E-state index in [9.17, 15) is 14.9 Å². The summed E-state index contributed by atoms with van der Waals surface area (Å²) in [6, 6.07) is 20.1. The minimum Gasteiger partial charge on any atom is -0.486 e. The van der Waals surface area contributed by atoms with Gasteiger partial charge in [-0.05, 0) is 48.0 Å². The van der Waals surface area contributed by atoms with Crippen molar-refractivity contribution in [2.45, 2.75) is 0 Å². The number of hydrogen-bond acceptors (Lipinski definition) is 8. The van der Waals surface area contributed by atoms with Crippen molar-refractivity contribution < 1.29 is 23.8 Å². The van der Waals surface area contributed by atoms with Crippen LogP contribution in [0.2, 0.25) is 0 Å². The van der Waals surface area contributed by atoms with Crippen molar-refractivity contribution in [3.63, 3.8) is 0 Å². The lowest BCUT2D eigenvalue weighted by Crippen LogP contribution is -2.22. The Morgan fingerprint density at radius 3 is 2.69 bits per heavy atom. The average Bonchev–Trinajstić information content (AvgIpc) is 3.55. The van der Waals surface area contributed by atoms with Crippen molar-refractivity contribution in [3.8, 4) is 33.7 Å². The van der Waals surface area contributed by atoms with E-state index in [0.29, 0.717) is 35.3 Å². The van der Waals surface area contributed by atoms with Crippen LogP contribution in [0.3, 0.4) is 0 Å². The van der Waals surface area contributed by atoms with Crippen molar-refractivity contribution in [1.82, 2.24) is 9.78 Å². The van der Waals surface area contributed by atoms with Gasteiger partial charge in [0.15, 0.2) is 23.9 Å². The second kappa shape index (κ2) is 9.70. The number of amides is 1. The van der Waals surface area contributed by atoms with Gasteiger partial charge in [-0.15, -0.1) is 11.3 Å². The van der Waals surface area contributed by atoms with Gasteiger partial charge in [0.1, 0.15) is 29.7 Å². The van der Waals surface area contributed by atoms with Crippen molar-refractivity contribution in [3.05, 3.63) is 77.3 Å². The molecule has 1 aliphatic heterocycles. The molecule has 2 aromatic heterocycles. The highest BCUT2D eigenvalue weighted by Crippen LogP contribution is 2.37. The van der Waals surface area contributed by atoms with Gasteiger partial charge in [0, 0.05) is 4.88 Å². The largest absolute Gasteiger partial charge is 0.486 e. The Hall–Kier alpha value is -4.62.